The highest BCUT2D eigenvalue weighted by atomic mass is 19.4. The van der Waals surface area contributed by atoms with E-state index in [1.54, 1.807) is 0 Å². The molecule has 0 spiro atoms. The van der Waals surface area contributed by atoms with E-state index in [0.29, 0.717) is 5.56 Å². The largest absolute Gasteiger partial charge is 0.416 e. The summed E-state index contributed by atoms with van der Waals surface area (Å²) < 4.78 is 37.2. The number of nitrogens with one attached hydrogen (secondary N) is 1. The van der Waals surface area contributed by atoms with Crippen LogP contribution < -0.4 is 11.4 Å². The van der Waals surface area contributed by atoms with Crippen LogP contribution >= 0.6 is 0 Å². The Balaban J connectivity index is 2.31. The topological polar surface area (TPSA) is 66.0 Å². The molecule has 0 saturated heterocycles. The van der Waals surface area contributed by atoms with Gasteiger partial charge in [0.25, 0.3) is 0 Å². The highest BCUT2D eigenvalue weighted by Crippen LogP contribution is 2.29. The van der Waals surface area contributed by atoms with Gasteiger partial charge in [-0.1, -0.05) is 12.1 Å². The van der Waals surface area contributed by atoms with Crippen molar-refractivity contribution in [2.24, 2.45) is 15.9 Å². The van der Waals surface area contributed by atoms with Crippen LogP contribution in [0.4, 0.5) is 13.2 Å². The van der Waals surface area contributed by atoms with Gasteiger partial charge >= 0.3 is 6.18 Å². The minimum Gasteiger partial charge on any atom is -0.251 e. The van der Waals surface area contributed by atoms with Crippen molar-refractivity contribution in [2.45, 2.75) is 6.18 Å². The number of alkyl halides is 3. The number of aliphatic imine (C=N–C) groups is 1. The standard InChI is InChI=1S/C10H8F3N5/c11-10(12,13)8-3-1-7(2-4-8)9-15-5-6-16-18(9)17-14/h1-5,17H,14H2. The average Bonchev–Trinajstić information content (AvgIpc) is 2.38. The molecule has 18 heavy (non-hydrogen) atoms. The van der Waals surface area contributed by atoms with E-state index >= 15 is 0 Å². The maximum absolute atomic E-state index is 12.4. The smallest absolute Gasteiger partial charge is 0.251 e. The third kappa shape index (κ3) is 2.40. The molecule has 3 N–H and O–H groups in total. The number of nitrogens with two attached hydrogens (primary N) is 1. The summed E-state index contributed by atoms with van der Waals surface area (Å²) in [6.45, 7) is 0. The molecule has 0 bridgehead atoms. The van der Waals surface area contributed by atoms with Crippen molar-refractivity contribution in [3.63, 3.8) is 0 Å². The lowest BCUT2D eigenvalue weighted by Gasteiger charge is -2.19. The first-order valence-corrected chi connectivity index (χ1v) is 4.82. The summed E-state index contributed by atoms with van der Waals surface area (Å²) in [4.78, 5) is 3.93. The van der Waals surface area contributed by atoms with Gasteiger partial charge in [0.15, 0.2) is 5.84 Å². The van der Waals surface area contributed by atoms with E-state index in [-0.39, 0.29) is 5.84 Å². The molecule has 0 amide bonds. The summed E-state index contributed by atoms with van der Waals surface area (Å²) in [7, 11) is 0. The summed E-state index contributed by atoms with van der Waals surface area (Å²) in [6.07, 6.45) is -3.07. The second kappa shape index (κ2) is 4.61. The van der Waals surface area contributed by atoms with Gasteiger partial charge in [-0.2, -0.15) is 18.3 Å². The molecule has 0 fully saturated rings. The Morgan fingerprint density at radius 2 is 1.89 bits per heavy atom. The lowest BCUT2D eigenvalue weighted by Crippen LogP contribution is -2.44. The number of amidine groups is 1. The SMILES string of the molecule is NNN1N=C=CN=C1c1ccc(C(F)(F)F)cc1. The number of halogens is 3. The summed E-state index contributed by atoms with van der Waals surface area (Å²) in [5, 5.41) is 4.82. The maximum Gasteiger partial charge on any atom is 0.416 e. The molecule has 0 atom stereocenters. The van der Waals surface area contributed by atoms with E-state index in [1.165, 1.54) is 18.3 Å². The van der Waals surface area contributed by atoms with Crippen LogP contribution in [-0.2, 0) is 6.18 Å². The van der Waals surface area contributed by atoms with Crippen LogP contribution in [0, 0.1) is 0 Å². The van der Waals surface area contributed by atoms with Crippen LogP contribution in [0.15, 0.2) is 40.6 Å². The highest BCUT2D eigenvalue weighted by Gasteiger charge is 2.30. The monoisotopic (exact) mass is 255 g/mol. The molecule has 0 aromatic heterocycles. The number of hydrazone groups is 1. The third-order valence-electron chi connectivity index (χ3n) is 2.20. The summed E-state index contributed by atoms with van der Waals surface area (Å²) in [5.74, 6) is 7.92. The number of rotatable bonds is 2. The van der Waals surface area contributed by atoms with E-state index < -0.39 is 11.7 Å². The van der Waals surface area contributed by atoms with Crippen molar-refractivity contribution in [3.05, 3.63) is 41.6 Å². The van der Waals surface area contributed by atoms with Gasteiger partial charge in [-0.15, -0.1) is 10.6 Å². The quantitative estimate of drug-likeness (QED) is 0.617. The van der Waals surface area contributed by atoms with Crippen molar-refractivity contribution in [1.29, 1.82) is 0 Å². The Labute approximate surface area is 100 Å². The normalized spacial score (nSPS) is 14.9. The molecule has 8 heteroatoms. The average molecular weight is 255 g/mol. The molecule has 2 rings (SSSR count). The highest BCUT2D eigenvalue weighted by molar-refractivity contribution is 6.00. The van der Waals surface area contributed by atoms with Gasteiger partial charge in [0.05, 0.1) is 11.8 Å². The van der Waals surface area contributed by atoms with E-state index in [0.717, 1.165) is 17.3 Å². The Morgan fingerprint density at radius 1 is 1.22 bits per heavy atom. The van der Waals surface area contributed by atoms with Crippen LogP contribution in [0.3, 0.4) is 0 Å². The molecule has 94 valence electrons. The molecular weight excluding hydrogens is 247 g/mol. The number of hydrogen-bond acceptors (Lipinski definition) is 5. The lowest BCUT2D eigenvalue weighted by molar-refractivity contribution is -0.137. The van der Waals surface area contributed by atoms with Crippen molar-refractivity contribution >= 4 is 11.7 Å². The first-order valence-electron chi connectivity index (χ1n) is 4.82. The number of hydrogen-bond donors (Lipinski definition) is 2. The van der Waals surface area contributed by atoms with E-state index in [4.69, 9.17) is 5.84 Å². The van der Waals surface area contributed by atoms with Gasteiger partial charge < -0.3 is 0 Å². The van der Waals surface area contributed by atoms with Crippen molar-refractivity contribution in [1.82, 2.24) is 10.7 Å². The summed E-state index contributed by atoms with van der Waals surface area (Å²) in [5.41, 5.74) is 1.95. The molecular formula is C10H8F3N5. The maximum atomic E-state index is 12.4. The van der Waals surface area contributed by atoms with Gasteiger partial charge in [0, 0.05) is 11.4 Å². The molecule has 1 aliphatic heterocycles. The fraction of sp³-hybridized carbons (Fsp3) is 0.100. The van der Waals surface area contributed by atoms with Gasteiger partial charge in [-0.25, -0.2) is 4.99 Å². The first kappa shape index (κ1) is 12.3. The molecule has 1 aromatic carbocycles. The number of benzene rings is 1. The molecule has 0 radical (unpaired) electrons. The van der Waals surface area contributed by atoms with E-state index in [2.05, 4.69) is 21.5 Å². The van der Waals surface area contributed by atoms with Crippen LogP contribution in [0.25, 0.3) is 0 Å². The van der Waals surface area contributed by atoms with Crippen LogP contribution in [0.5, 0.6) is 0 Å². The summed E-state index contributed by atoms with van der Waals surface area (Å²) in [6, 6.07) is 4.52. The van der Waals surface area contributed by atoms with Crippen LogP contribution in [-0.4, -0.2) is 16.8 Å². The molecule has 0 saturated carbocycles. The Hall–Kier alpha value is -2.15. The predicted octanol–water partition coefficient (Wildman–Crippen LogP) is 1.24. The number of nitrogens with zero attached hydrogens (tertiary/aromatic N) is 3. The van der Waals surface area contributed by atoms with Crippen molar-refractivity contribution in [3.8, 4) is 0 Å². The van der Waals surface area contributed by atoms with Crippen molar-refractivity contribution in [2.75, 3.05) is 0 Å². The molecule has 1 heterocycles. The minimum absolute atomic E-state index is 0.282. The minimum atomic E-state index is -4.36. The number of hydrazine groups is 2. The molecule has 0 unspecified atom stereocenters. The molecule has 1 aliphatic rings. The Bertz CT molecular complexity index is 525. The molecule has 0 aliphatic carbocycles. The van der Waals surface area contributed by atoms with Crippen LogP contribution in [0.2, 0.25) is 0 Å². The van der Waals surface area contributed by atoms with Gasteiger partial charge in [-0.05, 0) is 12.1 Å². The van der Waals surface area contributed by atoms with Gasteiger partial charge in [-0.3, -0.25) is 5.84 Å². The zero-order chi connectivity index (χ0) is 13.2. The third-order valence-corrected chi connectivity index (χ3v) is 2.20. The Kier molecular flexibility index (Phi) is 3.15. The summed E-state index contributed by atoms with van der Waals surface area (Å²) >= 11 is 0. The second-order valence-corrected chi connectivity index (χ2v) is 3.33. The zero-order valence-electron chi connectivity index (χ0n) is 8.94. The second-order valence-electron chi connectivity index (χ2n) is 3.33. The van der Waals surface area contributed by atoms with E-state index in [1.807, 2.05) is 0 Å². The lowest BCUT2D eigenvalue weighted by atomic mass is 10.1. The molecule has 1 aromatic rings. The van der Waals surface area contributed by atoms with Gasteiger partial charge in [0.2, 0.25) is 0 Å². The predicted molar refractivity (Wildman–Crippen MR) is 59.1 cm³/mol. The van der Waals surface area contributed by atoms with Crippen molar-refractivity contribution < 1.29 is 13.2 Å². The fourth-order valence-electron chi connectivity index (χ4n) is 1.37. The molecule has 5 nitrogen and oxygen atoms in total. The van der Waals surface area contributed by atoms with Crippen LogP contribution in [0.1, 0.15) is 11.1 Å². The van der Waals surface area contributed by atoms with Gasteiger partial charge in [0.1, 0.15) is 0 Å². The first-order chi connectivity index (χ1) is 8.52. The fourth-order valence-corrected chi connectivity index (χ4v) is 1.37. The zero-order valence-corrected chi connectivity index (χ0v) is 8.94. The Morgan fingerprint density at radius 3 is 2.44 bits per heavy atom. The van der Waals surface area contributed by atoms with E-state index in [9.17, 15) is 13.2 Å².